The van der Waals surface area contributed by atoms with Crippen LogP contribution in [0.1, 0.15) is 32.5 Å². The number of methoxy groups -OCH3 is 1. The van der Waals surface area contributed by atoms with Crippen molar-refractivity contribution in [2.45, 2.75) is 32.9 Å². The summed E-state index contributed by atoms with van der Waals surface area (Å²) in [5.74, 6) is 0. The van der Waals surface area contributed by atoms with E-state index in [9.17, 15) is 0 Å². The Morgan fingerprint density at radius 2 is 2.25 bits per heavy atom. The molecule has 0 aliphatic heterocycles. The highest BCUT2D eigenvalue weighted by molar-refractivity contribution is 7.13. The molecule has 2 N–H and O–H groups in total. The van der Waals surface area contributed by atoms with Crippen LogP contribution in [0.5, 0.6) is 0 Å². The number of likely N-dealkylation sites (N-methyl/N-ethyl adjacent to an activating group) is 1. The topological polar surface area (TPSA) is 51.4 Å². The molecule has 1 aromatic rings. The number of aromatic nitrogens is 1. The number of hydrogen-bond acceptors (Lipinski definition) is 5. The van der Waals surface area contributed by atoms with E-state index in [1.807, 2.05) is 12.3 Å². The molecule has 0 aliphatic rings. The molecule has 0 bridgehead atoms. The lowest BCUT2D eigenvalue weighted by molar-refractivity contribution is 0.182. The number of nitrogens with two attached hydrogens (primary N) is 1. The van der Waals surface area contributed by atoms with Gasteiger partial charge in [0.25, 0.3) is 0 Å². The third kappa shape index (κ3) is 3.17. The summed E-state index contributed by atoms with van der Waals surface area (Å²) in [4.78, 5) is 6.78. The molecule has 0 aliphatic carbocycles. The third-order valence-corrected chi connectivity index (χ3v) is 3.40. The van der Waals surface area contributed by atoms with E-state index in [4.69, 9.17) is 10.5 Å². The zero-order chi connectivity index (χ0) is 12.1. The van der Waals surface area contributed by atoms with Crippen molar-refractivity contribution < 1.29 is 4.74 Å². The van der Waals surface area contributed by atoms with Crippen LogP contribution >= 0.6 is 11.3 Å². The van der Waals surface area contributed by atoms with Gasteiger partial charge in [-0.05, 0) is 20.8 Å². The Morgan fingerprint density at radius 1 is 1.56 bits per heavy atom. The van der Waals surface area contributed by atoms with Crippen LogP contribution in [0.2, 0.25) is 0 Å². The second-order valence-corrected chi connectivity index (χ2v) is 4.77. The standard InChI is InChI=1S/C11H21N3OS/c1-5-14(8(2)6-15-4)11-13-10(7-16-11)9(3)12/h7-9H,5-6,12H2,1-4H3. The van der Waals surface area contributed by atoms with Crippen molar-refractivity contribution in [2.75, 3.05) is 25.2 Å². The normalized spacial score (nSPS) is 14.8. The van der Waals surface area contributed by atoms with Gasteiger partial charge in [-0.2, -0.15) is 0 Å². The molecule has 0 radical (unpaired) electrons. The molecule has 4 nitrogen and oxygen atoms in total. The van der Waals surface area contributed by atoms with Crippen LogP contribution in [-0.4, -0.2) is 31.3 Å². The molecule has 2 unspecified atom stereocenters. The first-order valence-corrected chi connectivity index (χ1v) is 6.44. The van der Waals surface area contributed by atoms with Crippen LogP contribution in [-0.2, 0) is 4.74 Å². The van der Waals surface area contributed by atoms with Gasteiger partial charge in [-0.3, -0.25) is 0 Å². The second-order valence-electron chi connectivity index (χ2n) is 3.93. The Morgan fingerprint density at radius 3 is 2.69 bits per heavy atom. The number of anilines is 1. The van der Waals surface area contributed by atoms with Crippen molar-refractivity contribution in [1.29, 1.82) is 0 Å². The van der Waals surface area contributed by atoms with Crippen LogP contribution in [0.3, 0.4) is 0 Å². The summed E-state index contributed by atoms with van der Waals surface area (Å²) in [6.45, 7) is 7.85. The fourth-order valence-corrected chi connectivity index (χ4v) is 2.68. The van der Waals surface area contributed by atoms with Gasteiger partial charge in [0, 0.05) is 25.1 Å². The number of hydrogen-bond donors (Lipinski definition) is 1. The number of ether oxygens (including phenoxy) is 1. The molecule has 0 saturated carbocycles. The zero-order valence-electron chi connectivity index (χ0n) is 10.4. The summed E-state index contributed by atoms with van der Waals surface area (Å²) in [5, 5.41) is 3.06. The predicted molar refractivity (Wildman–Crippen MR) is 69.1 cm³/mol. The molecule has 1 heterocycles. The number of nitrogens with zero attached hydrogens (tertiary/aromatic N) is 2. The molecule has 5 heteroatoms. The summed E-state index contributed by atoms with van der Waals surface area (Å²) in [7, 11) is 1.72. The Kier molecular flexibility index (Phi) is 5.18. The van der Waals surface area contributed by atoms with Gasteiger partial charge in [0.15, 0.2) is 5.13 Å². The van der Waals surface area contributed by atoms with Crippen LogP contribution in [0, 0.1) is 0 Å². The minimum Gasteiger partial charge on any atom is -0.383 e. The third-order valence-electron chi connectivity index (χ3n) is 2.50. The molecule has 0 amide bonds. The van der Waals surface area contributed by atoms with Gasteiger partial charge >= 0.3 is 0 Å². The van der Waals surface area contributed by atoms with Crippen molar-refractivity contribution in [1.82, 2.24) is 4.98 Å². The highest BCUT2D eigenvalue weighted by Gasteiger charge is 2.16. The molecule has 0 spiro atoms. The fourth-order valence-electron chi connectivity index (χ4n) is 1.58. The van der Waals surface area contributed by atoms with Crippen molar-refractivity contribution >= 4 is 16.5 Å². The maximum atomic E-state index is 5.80. The van der Waals surface area contributed by atoms with Crippen molar-refractivity contribution in [2.24, 2.45) is 5.73 Å². The van der Waals surface area contributed by atoms with Crippen LogP contribution in [0.4, 0.5) is 5.13 Å². The minimum absolute atomic E-state index is 0.00133. The molecule has 1 rings (SSSR count). The van der Waals surface area contributed by atoms with E-state index in [0.29, 0.717) is 12.6 Å². The van der Waals surface area contributed by atoms with Gasteiger partial charge in [0.1, 0.15) is 0 Å². The van der Waals surface area contributed by atoms with Gasteiger partial charge in [0.05, 0.1) is 18.3 Å². The maximum Gasteiger partial charge on any atom is 0.185 e. The highest BCUT2D eigenvalue weighted by atomic mass is 32.1. The number of thiazole rings is 1. The molecule has 1 aromatic heterocycles. The van der Waals surface area contributed by atoms with Gasteiger partial charge in [-0.1, -0.05) is 0 Å². The molecule has 16 heavy (non-hydrogen) atoms. The highest BCUT2D eigenvalue weighted by Crippen LogP contribution is 2.24. The van der Waals surface area contributed by atoms with Crippen LogP contribution in [0.15, 0.2) is 5.38 Å². The lowest BCUT2D eigenvalue weighted by Crippen LogP contribution is -2.36. The Hall–Kier alpha value is -0.650. The van der Waals surface area contributed by atoms with Crippen molar-refractivity contribution in [3.05, 3.63) is 11.1 Å². The molecular formula is C11H21N3OS. The monoisotopic (exact) mass is 243 g/mol. The summed E-state index contributed by atoms with van der Waals surface area (Å²) in [6, 6.07) is 0.337. The largest absolute Gasteiger partial charge is 0.383 e. The first-order valence-electron chi connectivity index (χ1n) is 5.56. The summed E-state index contributed by atoms with van der Waals surface area (Å²) in [5.41, 5.74) is 6.77. The van der Waals surface area contributed by atoms with Crippen molar-refractivity contribution in [3.63, 3.8) is 0 Å². The summed E-state index contributed by atoms with van der Waals surface area (Å²) >= 11 is 1.64. The average molecular weight is 243 g/mol. The van der Waals surface area contributed by atoms with Crippen LogP contribution < -0.4 is 10.6 Å². The SMILES string of the molecule is CCN(c1nc(C(C)N)cs1)C(C)COC. The number of rotatable bonds is 6. The Bertz CT molecular complexity index is 314. The zero-order valence-corrected chi connectivity index (χ0v) is 11.3. The molecule has 2 atom stereocenters. The quantitative estimate of drug-likeness (QED) is 0.830. The molecule has 0 aromatic carbocycles. The fraction of sp³-hybridized carbons (Fsp3) is 0.727. The van der Waals surface area contributed by atoms with Crippen LogP contribution in [0.25, 0.3) is 0 Å². The molecule has 92 valence electrons. The van der Waals surface area contributed by atoms with Gasteiger partial charge in [0.2, 0.25) is 0 Å². The molecular weight excluding hydrogens is 222 g/mol. The first-order chi connectivity index (χ1) is 7.60. The van der Waals surface area contributed by atoms with E-state index in [1.54, 1.807) is 18.4 Å². The van der Waals surface area contributed by atoms with E-state index in [1.165, 1.54) is 0 Å². The Balaban J connectivity index is 2.78. The second kappa shape index (κ2) is 6.18. The maximum absolute atomic E-state index is 5.80. The van der Waals surface area contributed by atoms with E-state index < -0.39 is 0 Å². The van der Waals surface area contributed by atoms with Gasteiger partial charge in [-0.15, -0.1) is 11.3 Å². The lowest BCUT2D eigenvalue weighted by Gasteiger charge is -2.26. The first kappa shape index (κ1) is 13.4. The summed E-state index contributed by atoms with van der Waals surface area (Å²) < 4.78 is 5.17. The van der Waals surface area contributed by atoms with Crippen molar-refractivity contribution in [3.8, 4) is 0 Å². The molecule has 0 saturated heterocycles. The lowest BCUT2D eigenvalue weighted by atomic mass is 10.3. The minimum atomic E-state index is 0.00133. The Labute approximate surface area is 101 Å². The predicted octanol–water partition coefficient (Wildman–Crippen LogP) is 2.02. The van der Waals surface area contributed by atoms with E-state index in [-0.39, 0.29) is 6.04 Å². The molecule has 0 fully saturated rings. The van der Waals surface area contributed by atoms with Gasteiger partial charge < -0.3 is 15.4 Å². The average Bonchev–Trinajstić information content (AvgIpc) is 2.68. The van der Waals surface area contributed by atoms with Gasteiger partial charge in [-0.25, -0.2) is 4.98 Å². The summed E-state index contributed by atoms with van der Waals surface area (Å²) in [6.07, 6.45) is 0. The van der Waals surface area contributed by atoms with E-state index in [2.05, 4.69) is 23.7 Å². The van der Waals surface area contributed by atoms with E-state index >= 15 is 0 Å². The van der Waals surface area contributed by atoms with E-state index in [0.717, 1.165) is 17.4 Å². The smallest absolute Gasteiger partial charge is 0.185 e.